The Hall–Kier alpha value is -3.19. The van der Waals surface area contributed by atoms with Gasteiger partial charge in [0, 0.05) is 17.7 Å². The lowest BCUT2D eigenvalue weighted by Gasteiger charge is -2.10. The van der Waals surface area contributed by atoms with Crippen LogP contribution in [0.5, 0.6) is 0 Å². The van der Waals surface area contributed by atoms with Crippen LogP contribution >= 0.6 is 0 Å². The fourth-order valence-corrected chi connectivity index (χ4v) is 4.18. The molecule has 0 saturated heterocycles. The van der Waals surface area contributed by atoms with Crippen LogP contribution in [0.1, 0.15) is 16.7 Å². The van der Waals surface area contributed by atoms with Gasteiger partial charge in [-0.2, -0.15) is 0 Å². The minimum Gasteiger partial charge on any atom is -0.201 e. The van der Waals surface area contributed by atoms with E-state index in [1.165, 1.54) is 50.2 Å². The van der Waals surface area contributed by atoms with Crippen molar-refractivity contribution < 1.29 is 4.57 Å². The molecule has 130 valence electrons. The second-order valence-corrected chi connectivity index (χ2v) is 7.43. The van der Waals surface area contributed by atoms with Gasteiger partial charge in [0.1, 0.15) is 7.05 Å². The number of nitrogens with zero attached hydrogens (tertiary/aromatic N) is 1. The molecule has 1 nitrogen and oxygen atoms in total. The second kappa shape index (κ2) is 6.21. The van der Waals surface area contributed by atoms with Gasteiger partial charge in [-0.3, -0.25) is 0 Å². The average molecular weight is 348 g/mol. The molecule has 27 heavy (non-hydrogen) atoms. The second-order valence-electron chi connectivity index (χ2n) is 7.43. The van der Waals surface area contributed by atoms with Crippen molar-refractivity contribution in [2.45, 2.75) is 13.3 Å². The zero-order valence-corrected chi connectivity index (χ0v) is 15.7. The summed E-state index contributed by atoms with van der Waals surface area (Å²) < 4.78 is 2.19. The minimum absolute atomic E-state index is 1.05. The van der Waals surface area contributed by atoms with Gasteiger partial charge < -0.3 is 0 Å². The summed E-state index contributed by atoms with van der Waals surface area (Å²) in [6.07, 6.45) is 3.15. The summed E-state index contributed by atoms with van der Waals surface area (Å²) in [5, 5.41) is 0. The number of benzene rings is 3. The molecular weight excluding hydrogens is 326 g/mol. The molecule has 0 aliphatic heterocycles. The van der Waals surface area contributed by atoms with Crippen LogP contribution in [0, 0.1) is 6.92 Å². The molecule has 1 aliphatic carbocycles. The molecule has 1 aromatic heterocycles. The van der Waals surface area contributed by atoms with Gasteiger partial charge in [0.15, 0.2) is 6.20 Å². The van der Waals surface area contributed by atoms with Gasteiger partial charge in [-0.05, 0) is 70.5 Å². The zero-order chi connectivity index (χ0) is 18.4. The Morgan fingerprint density at radius 1 is 0.667 bits per heavy atom. The maximum atomic E-state index is 2.36. The standard InChI is InChI=1S/C26H22N/c1-18-10-11-19(16-24(18)26-9-5-6-14-27(26)2)20-12-13-22-15-21-7-3-4-8-23(21)25(22)17-20/h3-14,16-17H,15H2,1-2H3/q+1. The van der Waals surface area contributed by atoms with E-state index in [1.807, 2.05) is 0 Å². The highest BCUT2D eigenvalue weighted by Gasteiger charge is 2.19. The zero-order valence-electron chi connectivity index (χ0n) is 15.7. The van der Waals surface area contributed by atoms with E-state index in [0.29, 0.717) is 0 Å². The molecule has 0 radical (unpaired) electrons. The fraction of sp³-hybridized carbons (Fsp3) is 0.115. The van der Waals surface area contributed by atoms with Gasteiger partial charge >= 0.3 is 0 Å². The largest absolute Gasteiger partial charge is 0.212 e. The number of pyridine rings is 1. The molecule has 0 saturated carbocycles. The van der Waals surface area contributed by atoms with Crippen LogP contribution in [-0.2, 0) is 13.5 Å². The Labute approximate surface area is 160 Å². The third-order valence-corrected chi connectivity index (χ3v) is 5.70. The molecule has 0 amide bonds. The monoisotopic (exact) mass is 348 g/mol. The van der Waals surface area contributed by atoms with E-state index < -0.39 is 0 Å². The van der Waals surface area contributed by atoms with Crippen molar-refractivity contribution in [2.75, 3.05) is 0 Å². The molecule has 5 rings (SSSR count). The molecular formula is C26H22N+. The number of aromatic nitrogens is 1. The molecule has 3 aromatic carbocycles. The van der Waals surface area contributed by atoms with Crippen molar-refractivity contribution in [3.8, 4) is 33.5 Å². The summed E-state index contributed by atoms with van der Waals surface area (Å²) in [4.78, 5) is 0. The Bertz CT molecular complexity index is 1170. The number of fused-ring (bicyclic) bond motifs is 3. The summed E-state index contributed by atoms with van der Waals surface area (Å²) in [6, 6.07) is 28.9. The van der Waals surface area contributed by atoms with Gasteiger partial charge in [-0.25, -0.2) is 4.57 Å². The highest BCUT2D eigenvalue weighted by molar-refractivity contribution is 5.82. The van der Waals surface area contributed by atoms with Crippen LogP contribution in [0.4, 0.5) is 0 Å². The van der Waals surface area contributed by atoms with Gasteiger partial charge in [0.2, 0.25) is 5.69 Å². The number of rotatable bonds is 2. The summed E-state index contributed by atoms with van der Waals surface area (Å²) in [7, 11) is 2.10. The maximum Gasteiger partial charge on any atom is 0.212 e. The van der Waals surface area contributed by atoms with Gasteiger partial charge in [0.25, 0.3) is 0 Å². The fourth-order valence-electron chi connectivity index (χ4n) is 4.18. The van der Waals surface area contributed by atoms with Crippen LogP contribution in [0.15, 0.2) is 85.1 Å². The summed E-state index contributed by atoms with van der Waals surface area (Å²) in [5.41, 5.74) is 12.0. The Kier molecular flexibility index (Phi) is 3.68. The van der Waals surface area contributed by atoms with Gasteiger partial charge in [-0.1, -0.05) is 48.5 Å². The molecule has 0 bridgehead atoms. The van der Waals surface area contributed by atoms with Crippen molar-refractivity contribution in [1.29, 1.82) is 0 Å². The topological polar surface area (TPSA) is 3.88 Å². The highest BCUT2D eigenvalue weighted by atomic mass is 14.9. The highest BCUT2D eigenvalue weighted by Crippen LogP contribution is 2.39. The predicted molar refractivity (Wildman–Crippen MR) is 111 cm³/mol. The number of hydrogen-bond donors (Lipinski definition) is 0. The Morgan fingerprint density at radius 2 is 1.37 bits per heavy atom. The van der Waals surface area contributed by atoms with Crippen molar-refractivity contribution in [2.24, 2.45) is 7.05 Å². The van der Waals surface area contributed by atoms with Crippen molar-refractivity contribution in [1.82, 2.24) is 0 Å². The van der Waals surface area contributed by atoms with Crippen LogP contribution in [0.25, 0.3) is 33.5 Å². The van der Waals surface area contributed by atoms with Crippen molar-refractivity contribution in [3.05, 3.63) is 102 Å². The quantitative estimate of drug-likeness (QED) is 0.359. The van der Waals surface area contributed by atoms with Crippen molar-refractivity contribution in [3.63, 3.8) is 0 Å². The molecule has 0 atom stereocenters. The molecule has 0 fully saturated rings. The molecule has 0 unspecified atom stereocenters. The first-order chi connectivity index (χ1) is 13.2. The Balaban J connectivity index is 1.63. The molecule has 4 aromatic rings. The van der Waals surface area contributed by atoms with E-state index in [2.05, 4.69) is 104 Å². The number of aryl methyl sites for hydroxylation is 2. The molecule has 0 N–H and O–H groups in total. The van der Waals surface area contributed by atoms with Gasteiger partial charge in [0.05, 0.1) is 0 Å². The summed E-state index contributed by atoms with van der Waals surface area (Å²) >= 11 is 0. The van der Waals surface area contributed by atoms with E-state index in [-0.39, 0.29) is 0 Å². The first kappa shape index (κ1) is 16.0. The van der Waals surface area contributed by atoms with Crippen LogP contribution < -0.4 is 4.57 Å². The summed E-state index contributed by atoms with van der Waals surface area (Å²) in [6.45, 7) is 2.19. The smallest absolute Gasteiger partial charge is 0.201 e. The average Bonchev–Trinajstić information content (AvgIpc) is 3.07. The molecule has 1 aliphatic rings. The van der Waals surface area contributed by atoms with E-state index in [1.54, 1.807) is 0 Å². The SMILES string of the molecule is Cc1ccc(-c2ccc3c(c2)-c2ccccc2C3)cc1-c1cccc[n+]1C. The van der Waals surface area contributed by atoms with Crippen LogP contribution in [0.3, 0.4) is 0 Å². The minimum atomic E-state index is 1.05. The molecule has 1 heteroatoms. The lowest BCUT2D eigenvalue weighted by Crippen LogP contribution is -2.30. The molecule has 1 heterocycles. The van der Waals surface area contributed by atoms with Crippen molar-refractivity contribution >= 4 is 0 Å². The third-order valence-electron chi connectivity index (χ3n) is 5.70. The summed E-state index contributed by atoms with van der Waals surface area (Å²) in [5.74, 6) is 0. The predicted octanol–water partition coefficient (Wildman–Crippen LogP) is 5.72. The lowest BCUT2D eigenvalue weighted by molar-refractivity contribution is -0.660. The van der Waals surface area contributed by atoms with E-state index in [0.717, 1.165) is 6.42 Å². The van der Waals surface area contributed by atoms with Gasteiger partial charge in [-0.15, -0.1) is 0 Å². The van der Waals surface area contributed by atoms with Crippen LogP contribution in [0.2, 0.25) is 0 Å². The lowest BCUT2D eigenvalue weighted by atomic mass is 9.95. The first-order valence-electron chi connectivity index (χ1n) is 9.48. The van der Waals surface area contributed by atoms with E-state index >= 15 is 0 Å². The maximum absolute atomic E-state index is 2.36. The normalized spacial score (nSPS) is 11.9. The van der Waals surface area contributed by atoms with Crippen LogP contribution in [-0.4, -0.2) is 0 Å². The van der Waals surface area contributed by atoms with E-state index in [4.69, 9.17) is 0 Å². The molecule has 0 spiro atoms. The van der Waals surface area contributed by atoms with E-state index in [9.17, 15) is 0 Å². The third kappa shape index (κ3) is 2.67. The number of hydrogen-bond acceptors (Lipinski definition) is 0. The first-order valence-corrected chi connectivity index (χ1v) is 9.48. The Morgan fingerprint density at radius 3 is 2.22 bits per heavy atom.